The van der Waals surface area contributed by atoms with Crippen molar-refractivity contribution >= 4 is 15.9 Å². The van der Waals surface area contributed by atoms with Gasteiger partial charge in [0.15, 0.2) is 0 Å². The summed E-state index contributed by atoms with van der Waals surface area (Å²) < 4.78 is 11.4. The predicted molar refractivity (Wildman–Crippen MR) is 73.2 cm³/mol. The van der Waals surface area contributed by atoms with Gasteiger partial charge in [-0.15, -0.1) is 0 Å². The van der Waals surface area contributed by atoms with E-state index in [1.165, 1.54) is 5.56 Å². The van der Waals surface area contributed by atoms with E-state index in [1.807, 2.05) is 6.07 Å². The van der Waals surface area contributed by atoms with Crippen molar-refractivity contribution < 1.29 is 9.47 Å². The number of methoxy groups -OCH3 is 2. The lowest BCUT2D eigenvalue weighted by molar-refractivity contribution is 0.110. The van der Waals surface area contributed by atoms with E-state index in [4.69, 9.17) is 9.47 Å². The van der Waals surface area contributed by atoms with E-state index in [-0.39, 0.29) is 0 Å². The Labute approximate surface area is 112 Å². The number of hydrogen-bond acceptors (Lipinski definition) is 3. The summed E-state index contributed by atoms with van der Waals surface area (Å²) in [5, 5.41) is 0. The standard InChI is InChI=1S/C13H20BrNO2/c1-16-9-7-15(8-10-17-2)11-12-5-3-4-6-13(12)14/h3-6H,7-11H2,1-2H3. The molecule has 0 spiro atoms. The first-order valence-corrected chi connectivity index (χ1v) is 6.51. The van der Waals surface area contributed by atoms with Crippen LogP contribution < -0.4 is 0 Å². The lowest BCUT2D eigenvalue weighted by atomic mass is 10.2. The highest BCUT2D eigenvalue weighted by atomic mass is 79.9. The minimum absolute atomic E-state index is 0.744. The molecule has 1 aromatic carbocycles. The summed E-state index contributed by atoms with van der Waals surface area (Å²) in [5.41, 5.74) is 1.29. The quantitative estimate of drug-likeness (QED) is 0.736. The van der Waals surface area contributed by atoms with E-state index in [9.17, 15) is 0 Å². The van der Waals surface area contributed by atoms with Gasteiger partial charge in [-0.2, -0.15) is 0 Å². The molecule has 1 rings (SSSR count). The molecule has 4 heteroatoms. The van der Waals surface area contributed by atoms with Crippen LogP contribution in [-0.2, 0) is 16.0 Å². The maximum atomic E-state index is 5.13. The largest absolute Gasteiger partial charge is 0.383 e. The number of halogens is 1. The molecule has 0 N–H and O–H groups in total. The van der Waals surface area contributed by atoms with Crippen LogP contribution in [0, 0.1) is 0 Å². The summed E-state index contributed by atoms with van der Waals surface area (Å²) >= 11 is 3.57. The number of nitrogens with zero attached hydrogens (tertiary/aromatic N) is 1. The van der Waals surface area contributed by atoms with Crippen LogP contribution in [0.2, 0.25) is 0 Å². The van der Waals surface area contributed by atoms with Crippen molar-refractivity contribution in [3.63, 3.8) is 0 Å². The Morgan fingerprint density at radius 1 is 1.06 bits per heavy atom. The fourth-order valence-electron chi connectivity index (χ4n) is 1.58. The average molecular weight is 302 g/mol. The monoisotopic (exact) mass is 301 g/mol. The van der Waals surface area contributed by atoms with Crippen LogP contribution in [0.15, 0.2) is 28.7 Å². The van der Waals surface area contributed by atoms with Gasteiger partial charge in [-0.25, -0.2) is 0 Å². The van der Waals surface area contributed by atoms with Gasteiger partial charge >= 0.3 is 0 Å². The lowest BCUT2D eigenvalue weighted by Crippen LogP contribution is -2.30. The van der Waals surface area contributed by atoms with Crippen LogP contribution in [0.3, 0.4) is 0 Å². The number of benzene rings is 1. The minimum atomic E-state index is 0.744. The predicted octanol–water partition coefficient (Wildman–Crippen LogP) is 2.54. The van der Waals surface area contributed by atoms with Crippen LogP contribution in [0.4, 0.5) is 0 Å². The molecule has 0 atom stereocenters. The average Bonchev–Trinajstić information content (AvgIpc) is 2.35. The molecular weight excluding hydrogens is 282 g/mol. The molecule has 96 valence electrons. The molecule has 3 nitrogen and oxygen atoms in total. The van der Waals surface area contributed by atoms with Gasteiger partial charge < -0.3 is 9.47 Å². The van der Waals surface area contributed by atoms with Crippen LogP contribution in [-0.4, -0.2) is 45.4 Å². The third-order valence-electron chi connectivity index (χ3n) is 2.58. The Hall–Kier alpha value is -0.420. The first kappa shape index (κ1) is 14.6. The van der Waals surface area contributed by atoms with Gasteiger partial charge in [0.05, 0.1) is 13.2 Å². The summed E-state index contributed by atoms with van der Waals surface area (Å²) in [6, 6.07) is 8.30. The molecule has 0 amide bonds. The Bertz CT molecular complexity index is 312. The van der Waals surface area contributed by atoms with E-state index in [2.05, 4.69) is 39.0 Å². The van der Waals surface area contributed by atoms with Gasteiger partial charge in [-0.05, 0) is 11.6 Å². The van der Waals surface area contributed by atoms with Gasteiger partial charge in [-0.1, -0.05) is 34.1 Å². The smallest absolute Gasteiger partial charge is 0.0589 e. The van der Waals surface area contributed by atoms with Crippen molar-refractivity contribution in [3.8, 4) is 0 Å². The molecule has 1 aromatic rings. The number of ether oxygens (including phenoxy) is 2. The van der Waals surface area contributed by atoms with Crippen molar-refractivity contribution in [2.24, 2.45) is 0 Å². The van der Waals surface area contributed by atoms with Crippen LogP contribution >= 0.6 is 15.9 Å². The summed E-state index contributed by atoms with van der Waals surface area (Å²) in [5.74, 6) is 0. The second-order valence-corrected chi connectivity index (χ2v) is 4.71. The highest BCUT2D eigenvalue weighted by Crippen LogP contribution is 2.17. The zero-order valence-electron chi connectivity index (χ0n) is 10.5. The van der Waals surface area contributed by atoms with Gasteiger partial charge in [0.25, 0.3) is 0 Å². The van der Waals surface area contributed by atoms with E-state index < -0.39 is 0 Å². The van der Waals surface area contributed by atoms with Crippen molar-refractivity contribution in [1.82, 2.24) is 4.90 Å². The third kappa shape index (κ3) is 5.64. The first-order valence-electron chi connectivity index (χ1n) is 5.71. The molecule has 0 fully saturated rings. The highest BCUT2D eigenvalue weighted by molar-refractivity contribution is 9.10. The maximum Gasteiger partial charge on any atom is 0.0589 e. The second kappa shape index (κ2) is 8.64. The maximum absolute atomic E-state index is 5.13. The number of hydrogen-bond donors (Lipinski definition) is 0. The van der Waals surface area contributed by atoms with Gasteiger partial charge in [-0.3, -0.25) is 4.90 Å². The summed E-state index contributed by atoms with van der Waals surface area (Å²) in [7, 11) is 3.46. The van der Waals surface area contributed by atoms with Crippen LogP contribution in [0.5, 0.6) is 0 Å². The molecule has 0 saturated carbocycles. The van der Waals surface area contributed by atoms with Crippen molar-refractivity contribution in [1.29, 1.82) is 0 Å². The van der Waals surface area contributed by atoms with Gasteiger partial charge in [0, 0.05) is 38.3 Å². The highest BCUT2D eigenvalue weighted by Gasteiger charge is 2.07. The van der Waals surface area contributed by atoms with Gasteiger partial charge in [0.1, 0.15) is 0 Å². The van der Waals surface area contributed by atoms with Crippen molar-refractivity contribution in [2.45, 2.75) is 6.54 Å². The molecule has 0 unspecified atom stereocenters. The van der Waals surface area contributed by atoms with Crippen LogP contribution in [0.25, 0.3) is 0 Å². The molecule has 0 heterocycles. The zero-order chi connectivity index (χ0) is 12.5. The molecule has 0 bridgehead atoms. The second-order valence-electron chi connectivity index (χ2n) is 3.85. The lowest BCUT2D eigenvalue weighted by Gasteiger charge is -2.22. The Kier molecular flexibility index (Phi) is 7.44. The first-order chi connectivity index (χ1) is 8.27. The molecule has 0 radical (unpaired) electrons. The normalized spacial score (nSPS) is 11.1. The molecule has 0 saturated heterocycles. The minimum Gasteiger partial charge on any atom is -0.383 e. The topological polar surface area (TPSA) is 21.7 Å². The van der Waals surface area contributed by atoms with Crippen LogP contribution in [0.1, 0.15) is 5.56 Å². The molecule has 17 heavy (non-hydrogen) atoms. The summed E-state index contributed by atoms with van der Waals surface area (Å²) in [6.07, 6.45) is 0. The molecule has 0 aliphatic heterocycles. The Morgan fingerprint density at radius 3 is 2.18 bits per heavy atom. The fraction of sp³-hybridized carbons (Fsp3) is 0.538. The van der Waals surface area contributed by atoms with Gasteiger partial charge in [0.2, 0.25) is 0 Å². The zero-order valence-corrected chi connectivity index (χ0v) is 12.1. The summed E-state index contributed by atoms with van der Waals surface area (Å²) in [6.45, 7) is 4.23. The SMILES string of the molecule is COCCN(CCOC)Cc1ccccc1Br. The molecular formula is C13H20BrNO2. The van der Waals surface area contributed by atoms with E-state index in [0.717, 1.165) is 37.3 Å². The molecule has 0 aliphatic rings. The Morgan fingerprint density at radius 2 is 1.65 bits per heavy atom. The van der Waals surface area contributed by atoms with E-state index >= 15 is 0 Å². The third-order valence-corrected chi connectivity index (χ3v) is 3.35. The fourth-order valence-corrected chi connectivity index (χ4v) is 1.99. The van der Waals surface area contributed by atoms with E-state index in [1.54, 1.807) is 14.2 Å². The number of rotatable bonds is 8. The molecule has 0 aromatic heterocycles. The Balaban J connectivity index is 2.55. The summed E-state index contributed by atoms with van der Waals surface area (Å²) in [4.78, 5) is 2.33. The van der Waals surface area contributed by atoms with E-state index in [0.29, 0.717) is 0 Å². The van der Waals surface area contributed by atoms with Crippen molar-refractivity contribution in [3.05, 3.63) is 34.3 Å². The van der Waals surface area contributed by atoms with Crippen molar-refractivity contribution in [2.75, 3.05) is 40.5 Å². The molecule has 0 aliphatic carbocycles.